The monoisotopic (exact) mass is 235 g/mol. The zero-order valence-electron chi connectivity index (χ0n) is 9.60. The fraction of sp³-hybridized carbons (Fsp3) is 0.700. The van der Waals surface area contributed by atoms with E-state index in [4.69, 9.17) is 0 Å². The molecule has 0 saturated heterocycles. The van der Waals surface area contributed by atoms with Crippen LogP contribution in [-0.2, 0) is 0 Å². The molecule has 1 aromatic rings. The third-order valence-electron chi connectivity index (χ3n) is 2.36. The SMILES string of the molecule is CC.Cc1cnn2c1NCCC2C(F)(F)F. The van der Waals surface area contributed by atoms with Crippen LogP contribution >= 0.6 is 0 Å². The van der Waals surface area contributed by atoms with Crippen molar-refractivity contribution in [2.45, 2.75) is 39.4 Å². The molecule has 0 aromatic carbocycles. The molecule has 1 atom stereocenters. The number of nitrogens with zero attached hydrogens (tertiary/aromatic N) is 2. The molecule has 0 spiro atoms. The molecule has 0 bridgehead atoms. The number of hydrogen-bond acceptors (Lipinski definition) is 2. The lowest BCUT2D eigenvalue weighted by Crippen LogP contribution is -2.34. The summed E-state index contributed by atoms with van der Waals surface area (Å²) in [5.41, 5.74) is 0.749. The molecule has 0 fully saturated rings. The van der Waals surface area contributed by atoms with Gasteiger partial charge in [0, 0.05) is 12.1 Å². The van der Waals surface area contributed by atoms with Crippen LogP contribution in [0.1, 0.15) is 31.9 Å². The zero-order valence-corrected chi connectivity index (χ0v) is 9.60. The van der Waals surface area contributed by atoms with E-state index in [0.29, 0.717) is 12.4 Å². The van der Waals surface area contributed by atoms with Gasteiger partial charge in [-0.2, -0.15) is 18.3 Å². The van der Waals surface area contributed by atoms with E-state index < -0.39 is 12.2 Å². The summed E-state index contributed by atoms with van der Waals surface area (Å²) in [6.45, 7) is 6.08. The summed E-state index contributed by atoms with van der Waals surface area (Å²) in [6, 6.07) is -1.48. The van der Waals surface area contributed by atoms with Crippen molar-refractivity contribution in [2.24, 2.45) is 0 Å². The molecular weight excluding hydrogens is 219 g/mol. The van der Waals surface area contributed by atoms with Gasteiger partial charge in [-0.3, -0.25) is 0 Å². The number of halogens is 3. The van der Waals surface area contributed by atoms with Crippen molar-refractivity contribution >= 4 is 5.82 Å². The topological polar surface area (TPSA) is 29.9 Å². The van der Waals surface area contributed by atoms with Gasteiger partial charge in [-0.05, 0) is 13.3 Å². The molecule has 3 nitrogen and oxygen atoms in total. The molecule has 0 amide bonds. The smallest absolute Gasteiger partial charge is 0.370 e. The molecule has 2 heterocycles. The Balaban J connectivity index is 0.000000606. The van der Waals surface area contributed by atoms with Crippen molar-refractivity contribution in [3.05, 3.63) is 11.8 Å². The summed E-state index contributed by atoms with van der Waals surface area (Å²) in [4.78, 5) is 0. The number of nitrogens with one attached hydrogen (secondary N) is 1. The van der Waals surface area contributed by atoms with Crippen LogP contribution in [0.3, 0.4) is 0 Å². The number of aromatic nitrogens is 2. The summed E-state index contributed by atoms with van der Waals surface area (Å²) >= 11 is 0. The summed E-state index contributed by atoms with van der Waals surface area (Å²) in [7, 11) is 0. The quantitative estimate of drug-likeness (QED) is 0.748. The predicted octanol–water partition coefficient (Wildman–Crippen LogP) is 3.14. The van der Waals surface area contributed by atoms with Gasteiger partial charge in [-0.1, -0.05) is 13.8 Å². The number of rotatable bonds is 0. The average Bonchev–Trinajstić information content (AvgIpc) is 2.62. The summed E-state index contributed by atoms with van der Waals surface area (Å²) < 4.78 is 38.6. The Kier molecular flexibility index (Phi) is 3.83. The van der Waals surface area contributed by atoms with Crippen molar-refractivity contribution < 1.29 is 13.2 Å². The number of alkyl halides is 3. The molecule has 1 N–H and O–H groups in total. The highest BCUT2D eigenvalue weighted by atomic mass is 19.4. The van der Waals surface area contributed by atoms with Gasteiger partial charge in [-0.25, -0.2) is 4.68 Å². The lowest BCUT2D eigenvalue weighted by atomic mass is 10.1. The minimum Gasteiger partial charge on any atom is -0.370 e. The normalized spacial score (nSPS) is 19.2. The highest BCUT2D eigenvalue weighted by molar-refractivity contribution is 5.44. The first-order valence-electron chi connectivity index (χ1n) is 5.35. The third kappa shape index (κ3) is 2.31. The maximum absolute atomic E-state index is 12.5. The fourth-order valence-electron chi connectivity index (χ4n) is 1.66. The van der Waals surface area contributed by atoms with Gasteiger partial charge in [0.2, 0.25) is 0 Å². The van der Waals surface area contributed by atoms with Gasteiger partial charge in [0.25, 0.3) is 0 Å². The van der Waals surface area contributed by atoms with Gasteiger partial charge >= 0.3 is 6.18 Å². The zero-order chi connectivity index (χ0) is 12.3. The van der Waals surface area contributed by atoms with Gasteiger partial charge in [0.15, 0.2) is 6.04 Å². The van der Waals surface area contributed by atoms with Crippen LogP contribution in [0.15, 0.2) is 6.20 Å². The van der Waals surface area contributed by atoms with Gasteiger partial charge < -0.3 is 5.32 Å². The van der Waals surface area contributed by atoms with E-state index in [1.807, 2.05) is 13.8 Å². The first-order valence-corrected chi connectivity index (χ1v) is 5.35. The van der Waals surface area contributed by atoms with E-state index in [-0.39, 0.29) is 6.42 Å². The van der Waals surface area contributed by atoms with Crippen LogP contribution < -0.4 is 5.32 Å². The van der Waals surface area contributed by atoms with Gasteiger partial charge in [0.1, 0.15) is 5.82 Å². The molecule has 1 aliphatic rings. The number of hydrogen-bond donors (Lipinski definition) is 1. The largest absolute Gasteiger partial charge is 0.410 e. The van der Waals surface area contributed by atoms with Crippen LogP contribution in [0, 0.1) is 6.92 Å². The second kappa shape index (κ2) is 4.76. The Morgan fingerprint density at radius 3 is 2.62 bits per heavy atom. The second-order valence-corrected chi connectivity index (χ2v) is 3.39. The van der Waals surface area contributed by atoms with Crippen molar-refractivity contribution in [1.29, 1.82) is 0 Å². The highest BCUT2D eigenvalue weighted by Gasteiger charge is 2.43. The molecule has 6 heteroatoms. The van der Waals surface area contributed by atoms with Crippen LogP contribution in [0.4, 0.5) is 19.0 Å². The lowest BCUT2D eigenvalue weighted by Gasteiger charge is -2.27. The Labute approximate surface area is 92.6 Å². The van der Waals surface area contributed by atoms with Crippen LogP contribution in [0.2, 0.25) is 0 Å². The number of anilines is 1. The molecule has 1 unspecified atom stereocenters. The van der Waals surface area contributed by atoms with E-state index in [1.165, 1.54) is 6.20 Å². The number of fused-ring (bicyclic) bond motifs is 1. The molecule has 0 saturated carbocycles. The van der Waals surface area contributed by atoms with Gasteiger partial charge in [-0.15, -0.1) is 0 Å². The molecule has 92 valence electrons. The molecule has 1 aliphatic heterocycles. The Morgan fingerprint density at radius 1 is 1.44 bits per heavy atom. The van der Waals surface area contributed by atoms with Gasteiger partial charge in [0.05, 0.1) is 6.20 Å². The second-order valence-electron chi connectivity index (χ2n) is 3.39. The van der Waals surface area contributed by atoms with Crippen LogP contribution in [0.5, 0.6) is 0 Å². The maximum atomic E-state index is 12.5. The van der Waals surface area contributed by atoms with Crippen molar-refractivity contribution in [3.8, 4) is 0 Å². The number of aryl methyl sites for hydroxylation is 1. The van der Waals surface area contributed by atoms with Crippen LogP contribution in [-0.4, -0.2) is 22.5 Å². The summed E-state index contributed by atoms with van der Waals surface area (Å²) in [5, 5.41) is 6.65. The first kappa shape index (κ1) is 12.9. The molecule has 2 rings (SSSR count). The predicted molar refractivity (Wildman–Crippen MR) is 56.5 cm³/mol. The van der Waals surface area contributed by atoms with E-state index in [1.54, 1.807) is 6.92 Å². The molecular formula is C10H16F3N3. The maximum Gasteiger partial charge on any atom is 0.410 e. The van der Waals surface area contributed by atoms with Crippen molar-refractivity contribution in [2.75, 3.05) is 11.9 Å². The van der Waals surface area contributed by atoms with Crippen LogP contribution in [0.25, 0.3) is 0 Å². The highest BCUT2D eigenvalue weighted by Crippen LogP contribution is 2.37. The van der Waals surface area contributed by atoms with E-state index >= 15 is 0 Å². The minimum absolute atomic E-state index is 0.0393. The van der Waals surface area contributed by atoms with E-state index in [2.05, 4.69) is 10.4 Å². The fourth-order valence-corrected chi connectivity index (χ4v) is 1.66. The van der Waals surface area contributed by atoms with Crippen molar-refractivity contribution in [1.82, 2.24) is 9.78 Å². The molecule has 0 radical (unpaired) electrons. The minimum atomic E-state index is -4.21. The molecule has 16 heavy (non-hydrogen) atoms. The molecule has 0 aliphatic carbocycles. The Bertz CT molecular complexity index is 344. The van der Waals surface area contributed by atoms with E-state index in [0.717, 1.165) is 10.2 Å². The third-order valence-corrected chi connectivity index (χ3v) is 2.36. The Morgan fingerprint density at radius 2 is 2.06 bits per heavy atom. The lowest BCUT2D eigenvalue weighted by molar-refractivity contribution is -0.171. The summed E-state index contributed by atoms with van der Waals surface area (Å²) in [5.74, 6) is 0.485. The Hall–Kier alpha value is -1.20. The van der Waals surface area contributed by atoms with E-state index in [9.17, 15) is 13.2 Å². The first-order chi connectivity index (χ1) is 7.50. The standard InChI is InChI=1S/C8H10F3N3.C2H6/c1-5-4-13-14-6(8(9,10)11)2-3-12-7(5)14;1-2/h4,6,12H,2-3H2,1H3;1-2H3. The molecule has 1 aromatic heterocycles. The summed E-state index contributed by atoms with van der Waals surface area (Å²) in [6.07, 6.45) is -2.72. The average molecular weight is 235 g/mol. The van der Waals surface area contributed by atoms with Crippen molar-refractivity contribution in [3.63, 3.8) is 0 Å².